The average molecular weight is 304 g/mol. The first-order valence-corrected chi connectivity index (χ1v) is 8.15. The lowest BCUT2D eigenvalue weighted by Gasteiger charge is -2.40. The minimum absolute atomic E-state index is 0.199. The van der Waals surface area contributed by atoms with E-state index in [2.05, 4.69) is 19.1 Å². The van der Waals surface area contributed by atoms with Crippen molar-refractivity contribution in [3.63, 3.8) is 0 Å². The molecule has 0 amide bonds. The molecule has 2 aliphatic carbocycles. The third-order valence-electron chi connectivity index (χ3n) is 5.30. The van der Waals surface area contributed by atoms with Crippen LogP contribution in [-0.4, -0.2) is 12.2 Å². The monoisotopic (exact) mass is 304 g/mol. The van der Waals surface area contributed by atoms with Gasteiger partial charge in [0.1, 0.15) is 17.1 Å². The van der Waals surface area contributed by atoms with E-state index in [0.29, 0.717) is 29.3 Å². The summed E-state index contributed by atoms with van der Waals surface area (Å²) in [4.78, 5) is 12.1. The van der Waals surface area contributed by atoms with Crippen LogP contribution in [-0.2, 0) is 6.61 Å². The highest BCUT2D eigenvalue weighted by Crippen LogP contribution is 2.48. The van der Waals surface area contributed by atoms with Gasteiger partial charge in [-0.2, -0.15) is 0 Å². The number of rotatable bonds is 3. The smallest absolute Gasteiger partial charge is 0.345 e. The Balaban J connectivity index is 2.03. The zero-order valence-electron chi connectivity index (χ0n) is 13.2. The van der Waals surface area contributed by atoms with Crippen molar-refractivity contribution in [3.8, 4) is 5.75 Å². The van der Waals surface area contributed by atoms with Crippen LogP contribution in [0.15, 0.2) is 27.4 Å². The van der Waals surface area contributed by atoms with Gasteiger partial charge in [0.05, 0.1) is 13.7 Å². The van der Waals surface area contributed by atoms with Gasteiger partial charge in [0.15, 0.2) is 0 Å². The molecule has 0 bridgehead atoms. The van der Waals surface area contributed by atoms with Crippen LogP contribution in [0.2, 0.25) is 0 Å². The van der Waals surface area contributed by atoms with Crippen LogP contribution in [0.1, 0.15) is 49.8 Å². The molecule has 4 unspecified atom stereocenters. The minimum Gasteiger partial charge on any atom is -0.496 e. The molecule has 1 N–H and O–H groups in total. The Morgan fingerprint density at radius 3 is 2.82 bits per heavy atom. The summed E-state index contributed by atoms with van der Waals surface area (Å²) in [5, 5.41) is 9.32. The molecule has 2 aliphatic rings. The maximum atomic E-state index is 12.1. The third kappa shape index (κ3) is 2.60. The number of ether oxygens (including phenoxy) is 1. The van der Waals surface area contributed by atoms with Crippen molar-refractivity contribution in [2.75, 3.05) is 7.11 Å². The first kappa shape index (κ1) is 15.3. The summed E-state index contributed by atoms with van der Waals surface area (Å²) in [6.07, 6.45) is 9.53. The highest BCUT2D eigenvalue weighted by Gasteiger charge is 2.38. The van der Waals surface area contributed by atoms with Crippen LogP contribution in [0.25, 0.3) is 0 Å². The van der Waals surface area contributed by atoms with Crippen LogP contribution in [0, 0.1) is 17.8 Å². The summed E-state index contributed by atoms with van der Waals surface area (Å²) in [5.74, 6) is 2.80. The second-order valence-corrected chi connectivity index (χ2v) is 6.52. The van der Waals surface area contributed by atoms with Gasteiger partial charge < -0.3 is 14.3 Å². The van der Waals surface area contributed by atoms with Gasteiger partial charge in [-0.15, -0.1) is 0 Å². The molecule has 22 heavy (non-hydrogen) atoms. The van der Waals surface area contributed by atoms with Gasteiger partial charge in [0.2, 0.25) is 0 Å². The molecule has 3 rings (SSSR count). The van der Waals surface area contributed by atoms with Gasteiger partial charge in [-0.25, -0.2) is 4.79 Å². The average Bonchev–Trinajstić information content (AvgIpc) is 2.53. The molecule has 0 spiro atoms. The molecule has 1 heterocycles. The summed E-state index contributed by atoms with van der Waals surface area (Å²) in [6.45, 7) is 1.82. The van der Waals surface area contributed by atoms with Crippen molar-refractivity contribution < 1.29 is 14.3 Å². The summed E-state index contributed by atoms with van der Waals surface area (Å²) in [5.41, 5.74) is -0.281. The molecular weight excluding hydrogens is 280 g/mol. The molecule has 120 valence electrons. The SMILES string of the molecule is COc1cc(C2C(C)C=CC3CCCCC32)oc(=O)c1CO. The van der Waals surface area contributed by atoms with E-state index in [4.69, 9.17) is 9.15 Å². The summed E-state index contributed by atoms with van der Waals surface area (Å²) < 4.78 is 10.9. The van der Waals surface area contributed by atoms with Crippen molar-refractivity contribution in [3.05, 3.63) is 40.0 Å². The van der Waals surface area contributed by atoms with Gasteiger partial charge in [0.25, 0.3) is 0 Å². The molecule has 4 nitrogen and oxygen atoms in total. The Morgan fingerprint density at radius 2 is 2.09 bits per heavy atom. The second kappa shape index (κ2) is 6.29. The van der Waals surface area contributed by atoms with Crippen LogP contribution in [0.3, 0.4) is 0 Å². The highest BCUT2D eigenvalue weighted by atomic mass is 16.5. The van der Waals surface area contributed by atoms with E-state index in [-0.39, 0.29) is 18.1 Å². The molecule has 4 heteroatoms. The van der Waals surface area contributed by atoms with E-state index in [1.165, 1.54) is 32.8 Å². The Hall–Kier alpha value is -1.55. The largest absolute Gasteiger partial charge is 0.496 e. The van der Waals surface area contributed by atoms with Crippen LogP contribution < -0.4 is 10.4 Å². The molecule has 4 atom stereocenters. The van der Waals surface area contributed by atoms with E-state index in [1.54, 1.807) is 6.07 Å². The summed E-state index contributed by atoms with van der Waals surface area (Å²) >= 11 is 0. The molecule has 1 saturated carbocycles. The molecule has 0 saturated heterocycles. The van der Waals surface area contributed by atoms with Gasteiger partial charge >= 0.3 is 5.63 Å². The topological polar surface area (TPSA) is 59.7 Å². The maximum Gasteiger partial charge on any atom is 0.345 e. The van der Waals surface area contributed by atoms with Crippen molar-refractivity contribution >= 4 is 0 Å². The molecule has 1 aromatic rings. The number of methoxy groups -OCH3 is 1. The first-order chi connectivity index (χ1) is 10.7. The first-order valence-electron chi connectivity index (χ1n) is 8.15. The van der Waals surface area contributed by atoms with E-state index < -0.39 is 5.63 Å². The van der Waals surface area contributed by atoms with Crippen molar-refractivity contribution in [2.24, 2.45) is 17.8 Å². The van der Waals surface area contributed by atoms with Gasteiger partial charge in [-0.1, -0.05) is 31.9 Å². The Morgan fingerprint density at radius 1 is 1.32 bits per heavy atom. The number of aliphatic hydroxyl groups excluding tert-OH is 1. The van der Waals surface area contributed by atoms with E-state index in [0.717, 1.165) is 0 Å². The lowest BCUT2D eigenvalue weighted by atomic mass is 9.64. The van der Waals surface area contributed by atoms with E-state index in [1.807, 2.05) is 0 Å². The van der Waals surface area contributed by atoms with Crippen molar-refractivity contribution in [1.82, 2.24) is 0 Å². The van der Waals surface area contributed by atoms with Gasteiger partial charge in [-0.05, 0) is 30.6 Å². The van der Waals surface area contributed by atoms with E-state index >= 15 is 0 Å². The Kier molecular flexibility index (Phi) is 4.39. The predicted molar refractivity (Wildman–Crippen MR) is 83.9 cm³/mol. The minimum atomic E-state index is -0.481. The highest BCUT2D eigenvalue weighted by molar-refractivity contribution is 5.33. The Bertz CT molecular complexity index is 616. The van der Waals surface area contributed by atoms with Crippen molar-refractivity contribution in [2.45, 2.75) is 45.1 Å². The normalized spacial score (nSPS) is 30.9. The molecule has 0 aliphatic heterocycles. The molecule has 0 radical (unpaired) electrons. The number of fused-ring (bicyclic) bond motifs is 1. The maximum absolute atomic E-state index is 12.1. The van der Waals surface area contributed by atoms with Gasteiger partial charge in [0, 0.05) is 12.0 Å². The number of allylic oxidation sites excluding steroid dienone is 2. The van der Waals surface area contributed by atoms with E-state index in [9.17, 15) is 9.90 Å². The summed E-state index contributed by atoms with van der Waals surface area (Å²) in [7, 11) is 1.52. The fourth-order valence-electron chi connectivity index (χ4n) is 4.17. The predicted octanol–water partition coefficient (Wildman–Crippen LogP) is 3.24. The molecule has 1 aromatic heterocycles. The van der Waals surface area contributed by atoms with Crippen LogP contribution in [0.5, 0.6) is 5.75 Å². The molecule has 0 aromatic carbocycles. The number of hydrogen-bond donors (Lipinski definition) is 1. The van der Waals surface area contributed by atoms with Crippen LogP contribution >= 0.6 is 0 Å². The zero-order chi connectivity index (χ0) is 15.7. The second-order valence-electron chi connectivity index (χ2n) is 6.52. The molecule has 1 fully saturated rings. The number of hydrogen-bond acceptors (Lipinski definition) is 4. The van der Waals surface area contributed by atoms with Crippen molar-refractivity contribution in [1.29, 1.82) is 0 Å². The standard InChI is InChI=1S/C18H24O4/c1-11-7-8-12-5-3-4-6-13(12)17(11)16-9-15(21-2)14(10-19)18(20)22-16/h7-9,11-13,17,19H,3-6,10H2,1-2H3. The zero-order valence-corrected chi connectivity index (χ0v) is 13.2. The summed E-state index contributed by atoms with van der Waals surface area (Å²) in [6, 6.07) is 1.80. The lowest BCUT2D eigenvalue weighted by Crippen LogP contribution is -2.31. The quantitative estimate of drug-likeness (QED) is 0.871. The lowest BCUT2D eigenvalue weighted by molar-refractivity contribution is 0.177. The third-order valence-corrected chi connectivity index (χ3v) is 5.30. The van der Waals surface area contributed by atoms with Crippen LogP contribution in [0.4, 0.5) is 0 Å². The van der Waals surface area contributed by atoms with Gasteiger partial charge in [-0.3, -0.25) is 0 Å². The fourth-order valence-corrected chi connectivity index (χ4v) is 4.17. The number of aliphatic hydroxyl groups is 1. The fraction of sp³-hybridized carbons (Fsp3) is 0.611. The Labute approximate surface area is 130 Å². The molecular formula is C18H24O4.